The molecular formula is C15H21F2N3O3. The Morgan fingerprint density at radius 2 is 1.83 bits per heavy atom. The summed E-state index contributed by atoms with van der Waals surface area (Å²) in [6.45, 7) is -0.0132. The Morgan fingerprint density at radius 3 is 2.39 bits per heavy atom. The number of hydrogen-bond acceptors (Lipinski definition) is 4. The Hall–Kier alpha value is -2.22. The molecule has 1 aromatic rings. The number of ether oxygens (including phenoxy) is 1. The average Bonchev–Trinajstić information content (AvgIpc) is 2.47. The summed E-state index contributed by atoms with van der Waals surface area (Å²) in [6, 6.07) is 6.20. The molecule has 2 amide bonds. The van der Waals surface area contributed by atoms with Crippen LogP contribution in [0.4, 0.5) is 8.78 Å². The Kier molecular flexibility index (Phi) is 7.96. The van der Waals surface area contributed by atoms with E-state index in [1.807, 2.05) is 0 Å². The van der Waals surface area contributed by atoms with E-state index in [-0.39, 0.29) is 30.7 Å². The molecule has 0 saturated carbocycles. The molecule has 6 nitrogen and oxygen atoms in total. The third-order valence-electron chi connectivity index (χ3n) is 2.83. The highest BCUT2D eigenvalue weighted by Crippen LogP contribution is 2.15. The van der Waals surface area contributed by atoms with Crippen molar-refractivity contribution in [2.45, 2.75) is 20.1 Å². The van der Waals surface area contributed by atoms with Gasteiger partial charge in [-0.3, -0.25) is 14.5 Å². The highest BCUT2D eigenvalue weighted by atomic mass is 19.3. The topological polar surface area (TPSA) is 70.7 Å². The van der Waals surface area contributed by atoms with E-state index in [9.17, 15) is 18.4 Å². The average molecular weight is 329 g/mol. The summed E-state index contributed by atoms with van der Waals surface area (Å²) in [6.07, 6.45) is 0. The van der Waals surface area contributed by atoms with Crippen molar-refractivity contribution in [3.63, 3.8) is 0 Å². The van der Waals surface area contributed by atoms with Gasteiger partial charge < -0.3 is 15.4 Å². The van der Waals surface area contributed by atoms with Gasteiger partial charge >= 0.3 is 6.61 Å². The van der Waals surface area contributed by atoms with Crippen LogP contribution < -0.4 is 15.4 Å². The molecule has 0 atom stereocenters. The third-order valence-corrected chi connectivity index (χ3v) is 2.83. The first-order valence-electron chi connectivity index (χ1n) is 7.16. The number of alkyl halides is 2. The molecule has 0 fully saturated rings. The van der Waals surface area contributed by atoms with E-state index in [0.717, 1.165) is 5.56 Å². The molecule has 0 aromatic heterocycles. The Morgan fingerprint density at radius 1 is 1.17 bits per heavy atom. The van der Waals surface area contributed by atoms with Gasteiger partial charge in [-0.05, 0) is 31.7 Å². The van der Waals surface area contributed by atoms with Gasteiger partial charge in [-0.25, -0.2) is 0 Å². The van der Waals surface area contributed by atoms with E-state index >= 15 is 0 Å². The molecule has 1 rings (SSSR count). The maximum atomic E-state index is 12.0. The van der Waals surface area contributed by atoms with E-state index in [1.165, 1.54) is 12.1 Å². The molecule has 23 heavy (non-hydrogen) atoms. The van der Waals surface area contributed by atoms with Crippen LogP contribution in [-0.4, -0.2) is 50.0 Å². The fraction of sp³-hybridized carbons (Fsp3) is 0.467. The molecule has 0 aliphatic heterocycles. The number of carbonyl (C=O) groups is 2. The lowest BCUT2D eigenvalue weighted by molar-refractivity contribution is -0.126. The van der Waals surface area contributed by atoms with Crippen LogP contribution >= 0.6 is 0 Å². The summed E-state index contributed by atoms with van der Waals surface area (Å²) in [4.78, 5) is 24.7. The van der Waals surface area contributed by atoms with Crippen molar-refractivity contribution in [2.75, 3.05) is 26.7 Å². The minimum absolute atomic E-state index is 0.0554. The summed E-state index contributed by atoms with van der Waals surface area (Å²) in [7, 11) is 1.75. The lowest BCUT2D eigenvalue weighted by Crippen LogP contribution is -2.41. The predicted octanol–water partition coefficient (Wildman–Crippen LogP) is 0.972. The van der Waals surface area contributed by atoms with Gasteiger partial charge in [0.2, 0.25) is 11.8 Å². The smallest absolute Gasteiger partial charge is 0.387 e. The van der Waals surface area contributed by atoms with Crippen LogP contribution in [0.15, 0.2) is 24.3 Å². The predicted molar refractivity (Wildman–Crippen MR) is 81.1 cm³/mol. The zero-order valence-electron chi connectivity index (χ0n) is 13.1. The molecule has 0 radical (unpaired) electrons. The van der Waals surface area contributed by atoms with Crippen LogP contribution in [0.25, 0.3) is 0 Å². The van der Waals surface area contributed by atoms with Crippen molar-refractivity contribution in [1.29, 1.82) is 0 Å². The molecule has 1 aromatic carbocycles. The fourth-order valence-electron chi connectivity index (χ4n) is 1.88. The van der Waals surface area contributed by atoms with Crippen molar-refractivity contribution >= 4 is 11.8 Å². The molecule has 0 aliphatic rings. The maximum absolute atomic E-state index is 12.0. The van der Waals surface area contributed by atoms with Crippen LogP contribution in [0.3, 0.4) is 0 Å². The van der Waals surface area contributed by atoms with Crippen molar-refractivity contribution < 1.29 is 23.1 Å². The third kappa shape index (κ3) is 8.10. The fourth-order valence-corrected chi connectivity index (χ4v) is 1.88. The molecule has 0 heterocycles. The minimum atomic E-state index is -2.85. The number of carbonyl (C=O) groups excluding carboxylic acids is 2. The molecule has 128 valence electrons. The summed E-state index contributed by atoms with van der Waals surface area (Å²) in [5.41, 5.74) is 0.852. The molecular weight excluding hydrogens is 308 g/mol. The largest absolute Gasteiger partial charge is 0.435 e. The summed E-state index contributed by atoms with van der Waals surface area (Å²) in [5, 5.41) is 5.10. The van der Waals surface area contributed by atoms with E-state index in [2.05, 4.69) is 15.4 Å². The second-order valence-corrected chi connectivity index (χ2v) is 4.92. The standard InChI is InChI=1S/C15H21F2N3O3/c1-3-18-13(21)8-19-14(22)10-20(2)9-11-4-6-12(7-5-11)23-15(16)17/h4-7,15H,3,8-10H2,1-2H3,(H,18,21)(H,19,22). The Bertz CT molecular complexity index is 509. The highest BCUT2D eigenvalue weighted by Gasteiger charge is 2.09. The number of rotatable bonds is 9. The summed E-state index contributed by atoms with van der Waals surface area (Å²) < 4.78 is 28.4. The van der Waals surface area contributed by atoms with E-state index in [0.29, 0.717) is 13.1 Å². The molecule has 0 bridgehead atoms. The minimum Gasteiger partial charge on any atom is -0.435 e. The molecule has 0 unspecified atom stereocenters. The lowest BCUT2D eigenvalue weighted by Gasteiger charge is -2.16. The highest BCUT2D eigenvalue weighted by molar-refractivity contribution is 5.85. The van der Waals surface area contributed by atoms with Crippen molar-refractivity contribution in [1.82, 2.24) is 15.5 Å². The Labute approximate surface area is 133 Å². The van der Waals surface area contributed by atoms with Gasteiger partial charge in [-0.2, -0.15) is 8.78 Å². The van der Waals surface area contributed by atoms with Crippen LogP contribution in [-0.2, 0) is 16.1 Å². The molecule has 0 spiro atoms. The molecule has 0 aliphatic carbocycles. The number of nitrogens with zero attached hydrogens (tertiary/aromatic N) is 1. The molecule has 2 N–H and O–H groups in total. The van der Waals surface area contributed by atoms with E-state index in [1.54, 1.807) is 31.0 Å². The van der Waals surface area contributed by atoms with Crippen LogP contribution in [0.1, 0.15) is 12.5 Å². The Balaban J connectivity index is 2.36. The van der Waals surface area contributed by atoms with Gasteiger partial charge in [0.25, 0.3) is 0 Å². The van der Waals surface area contributed by atoms with E-state index in [4.69, 9.17) is 0 Å². The SMILES string of the molecule is CCNC(=O)CNC(=O)CN(C)Cc1ccc(OC(F)F)cc1. The zero-order valence-corrected chi connectivity index (χ0v) is 13.1. The van der Waals surface area contributed by atoms with Gasteiger partial charge in [0.1, 0.15) is 5.75 Å². The van der Waals surface area contributed by atoms with Gasteiger partial charge in [-0.1, -0.05) is 12.1 Å². The van der Waals surface area contributed by atoms with Crippen molar-refractivity contribution in [3.8, 4) is 5.75 Å². The van der Waals surface area contributed by atoms with Gasteiger partial charge in [0, 0.05) is 13.1 Å². The summed E-state index contributed by atoms with van der Waals surface area (Å²) in [5.74, 6) is -0.416. The number of hydrogen-bond donors (Lipinski definition) is 2. The van der Waals surface area contributed by atoms with Gasteiger partial charge in [0.15, 0.2) is 0 Å². The van der Waals surface area contributed by atoms with Crippen molar-refractivity contribution in [3.05, 3.63) is 29.8 Å². The first kappa shape index (κ1) is 18.8. The number of halogens is 2. The second-order valence-electron chi connectivity index (χ2n) is 4.92. The van der Waals surface area contributed by atoms with Crippen LogP contribution in [0, 0.1) is 0 Å². The first-order chi connectivity index (χ1) is 10.9. The van der Waals surface area contributed by atoms with Gasteiger partial charge in [-0.15, -0.1) is 0 Å². The number of benzene rings is 1. The molecule has 0 saturated heterocycles. The zero-order chi connectivity index (χ0) is 17.2. The lowest BCUT2D eigenvalue weighted by atomic mass is 10.2. The quantitative estimate of drug-likeness (QED) is 0.708. The van der Waals surface area contributed by atoms with Gasteiger partial charge in [0.05, 0.1) is 13.1 Å². The first-order valence-corrected chi connectivity index (χ1v) is 7.16. The number of likely N-dealkylation sites (N-methyl/N-ethyl adjacent to an activating group) is 2. The maximum Gasteiger partial charge on any atom is 0.387 e. The monoisotopic (exact) mass is 329 g/mol. The second kappa shape index (κ2) is 9.73. The van der Waals surface area contributed by atoms with E-state index < -0.39 is 6.61 Å². The number of amides is 2. The molecule has 8 heteroatoms. The van der Waals surface area contributed by atoms with Crippen molar-refractivity contribution in [2.24, 2.45) is 0 Å². The summed E-state index contributed by atoms with van der Waals surface area (Å²) >= 11 is 0. The van der Waals surface area contributed by atoms with Crippen LogP contribution in [0.5, 0.6) is 5.75 Å². The normalized spacial score (nSPS) is 10.7. The number of nitrogens with one attached hydrogen (secondary N) is 2. The van der Waals surface area contributed by atoms with Crippen LogP contribution in [0.2, 0.25) is 0 Å².